The minimum absolute atomic E-state index is 0.00122. The van der Waals surface area contributed by atoms with Gasteiger partial charge in [0.15, 0.2) is 0 Å². The maximum Gasteiger partial charge on any atom is 0.411 e. The molecule has 0 bridgehead atoms. The number of benzene rings is 1. The molecular formula is C24H33N3O5. The average molecular weight is 444 g/mol. The topological polar surface area (TPSA) is 88.2 Å². The van der Waals surface area contributed by atoms with Crippen LogP contribution in [-0.4, -0.2) is 66.3 Å². The number of amides is 3. The summed E-state index contributed by atoms with van der Waals surface area (Å²) >= 11 is 0. The summed E-state index contributed by atoms with van der Waals surface area (Å²) in [7, 11) is 0. The molecule has 8 nitrogen and oxygen atoms in total. The molecule has 2 fully saturated rings. The van der Waals surface area contributed by atoms with Crippen LogP contribution in [0.25, 0.3) is 0 Å². The smallest absolute Gasteiger partial charge is 0.411 e. The monoisotopic (exact) mass is 443 g/mol. The number of piperidine rings is 1. The van der Waals surface area contributed by atoms with Gasteiger partial charge in [-0.1, -0.05) is 30.7 Å². The highest BCUT2D eigenvalue weighted by molar-refractivity contribution is 5.75. The first-order valence-electron chi connectivity index (χ1n) is 11.8. The summed E-state index contributed by atoms with van der Waals surface area (Å²) in [5.74, 6) is -0.159. The number of urea groups is 1. The van der Waals surface area contributed by atoms with Gasteiger partial charge in [-0.15, -0.1) is 0 Å². The predicted octanol–water partition coefficient (Wildman–Crippen LogP) is 3.40. The number of nitrogens with one attached hydrogen (secondary N) is 1. The molecule has 2 aliphatic heterocycles. The Bertz CT molecular complexity index is 837. The average Bonchev–Trinajstić information content (AvgIpc) is 3.30. The zero-order valence-electron chi connectivity index (χ0n) is 18.8. The third-order valence-corrected chi connectivity index (χ3v) is 6.69. The van der Waals surface area contributed by atoms with Gasteiger partial charge in [-0.05, 0) is 43.7 Å². The van der Waals surface area contributed by atoms with E-state index in [1.54, 1.807) is 6.92 Å². The summed E-state index contributed by atoms with van der Waals surface area (Å²) in [6.07, 6.45) is 4.90. The van der Waals surface area contributed by atoms with E-state index in [-0.39, 0.29) is 36.3 Å². The third kappa shape index (κ3) is 4.84. The SMILES string of the molecule is CCOC(=O)CCCCCNC(=O)N1CCC(N2C(=O)OC3Cc4ccccc4C32)CC1. The van der Waals surface area contributed by atoms with Crippen molar-refractivity contribution in [3.63, 3.8) is 0 Å². The second-order valence-electron chi connectivity index (χ2n) is 8.74. The van der Waals surface area contributed by atoms with Crippen LogP contribution in [0, 0.1) is 0 Å². The number of esters is 1. The normalized spacial score (nSPS) is 22.3. The van der Waals surface area contributed by atoms with Gasteiger partial charge in [0.1, 0.15) is 6.10 Å². The van der Waals surface area contributed by atoms with Gasteiger partial charge in [-0.2, -0.15) is 0 Å². The fraction of sp³-hybridized carbons (Fsp3) is 0.625. The molecule has 0 radical (unpaired) electrons. The number of nitrogens with zero attached hydrogens (tertiary/aromatic N) is 2. The van der Waals surface area contributed by atoms with E-state index in [1.165, 1.54) is 11.1 Å². The third-order valence-electron chi connectivity index (χ3n) is 6.69. The zero-order valence-corrected chi connectivity index (χ0v) is 18.8. The molecule has 4 rings (SSSR count). The summed E-state index contributed by atoms with van der Waals surface area (Å²) in [6.45, 7) is 4.07. The molecule has 1 aliphatic carbocycles. The maximum atomic E-state index is 12.6. The second kappa shape index (κ2) is 10.2. The first kappa shape index (κ1) is 22.4. The van der Waals surface area contributed by atoms with Crippen molar-refractivity contribution >= 4 is 18.1 Å². The van der Waals surface area contributed by atoms with E-state index in [0.717, 1.165) is 38.5 Å². The van der Waals surface area contributed by atoms with Crippen LogP contribution in [0.15, 0.2) is 24.3 Å². The highest BCUT2D eigenvalue weighted by Gasteiger charge is 2.50. The molecule has 2 heterocycles. The standard InChI is InChI=1S/C24H33N3O5/c1-2-31-21(28)10-4-3-7-13-25-23(29)26-14-11-18(12-15-26)27-22-19-9-6-5-8-17(19)16-20(22)32-24(27)30/h5-6,8-9,18,20,22H,2-4,7,10-16H2,1H3,(H,25,29). The number of hydrogen-bond acceptors (Lipinski definition) is 5. The molecule has 1 aromatic rings. The number of rotatable bonds is 8. The summed E-state index contributed by atoms with van der Waals surface area (Å²) in [5.41, 5.74) is 2.46. The van der Waals surface area contributed by atoms with E-state index < -0.39 is 0 Å². The summed E-state index contributed by atoms with van der Waals surface area (Å²) in [4.78, 5) is 40.2. The van der Waals surface area contributed by atoms with Crippen LogP contribution < -0.4 is 5.32 Å². The molecule has 8 heteroatoms. The minimum Gasteiger partial charge on any atom is -0.466 e. The van der Waals surface area contributed by atoms with Gasteiger partial charge in [-0.3, -0.25) is 9.69 Å². The van der Waals surface area contributed by atoms with Gasteiger partial charge in [0, 0.05) is 38.5 Å². The number of likely N-dealkylation sites (tertiary alicyclic amines) is 1. The van der Waals surface area contributed by atoms with Crippen LogP contribution in [0.3, 0.4) is 0 Å². The van der Waals surface area contributed by atoms with Crippen molar-refractivity contribution < 1.29 is 23.9 Å². The Morgan fingerprint density at radius 3 is 2.72 bits per heavy atom. The number of carbonyl (C=O) groups is 3. The fourth-order valence-corrected chi connectivity index (χ4v) is 5.11. The van der Waals surface area contributed by atoms with Crippen LogP contribution in [0.5, 0.6) is 0 Å². The number of unbranched alkanes of at least 4 members (excludes halogenated alkanes) is 2. The lowest BCUT2D eigenvalue weighted by Crippen LogP contribution is -2.50. The Hall–Kier alpha value is -2.77. The lowest BCUT2D eigenvalue weighted by molar-refractivity contribution is -0.143. The lowest BCUT2D eigenvalue weighted by atomic mass is 9.99. The molecule has 0 aromatic heterocycles. The molecule has 174 valence electrons. The Labute approximate surface area is 189 Å². The summed E-state index contributed by atoms with van der Waals surface area (Å²) < 4.78 is 10.6. The Kier molecular flexibility index (Phi) is 7.17. The molecule has 3 aliphatic rings. The summed E-state index contributed by atoms with van der Waals surface area (Å²) in [6, 6.07) is 8.31. The van der Waals surface area contributed by atoms with Crippen LogP contribution >= 0.6 is 0 Å². The quantitative estimate of drug-likeness (QED) is 0.491. The molecule has 1 aromatic carbocycles. The van der Waals surface area contributed by atoms with E-state index in [1.807, 2.05) is 21.9 Å². The minimum atomic E-state index is -0.222. The van der Waals surface area contributed by atoms with E-state index in [0.29, 0.717) is 32.7 Å². The second-order valence-corrected chi connectivity index (χ2v) is 8.74. The van der Waals surface area contributed by atoms with E-state index in [2.05, 4.69) is 17.4 Å². The van der Waals surface area contributed by atoms with E-state index in [4.69, 9.17) is 9.47 Å². The fourth-order valence-electron chi connectivity index (χ4n) is 5.11. The van der Waals surface area contributed by atoms with Crippen molar-refractivity contribution in [1.82, 2.24) is 15.1 Å². The first-order valence-corrected chi connectivity index (χ1v) is 11.8. The van der Waals surface area contributed by atoms with Crippen LogP contribution in [0.4, 0.5) is 9.59 Å². The van der Waals surface area contributed by atoms with Crippen molar-refractivity contribution in [2.75, 3.05) is 26.2 Å². The summed E-state index contributed by atoms with van der Waals surface area (Å²) in [5, 5.41) is 2.97. The molecule has 2 saturated heterocycles. The highest BCUT2D eigenvalue weighted by atomic mass is 16.6. The molecule has 1 N–H and O–H groups in total. The molecule has 0 saturated carbocycles. The Balaban J connectivity index is 1.19. The molecule has 2 atom stereocenters. The van der Waals surface area contributed by atoms with Crippen molar-refractivity contribution in [3.8, 4) is 0 Å². The molecule has 2 unspecified atom stereocenters. The van der Waals surface area contributed by atoms with E-state index >= 15 is 0 Å². The van der Waals surface area contributed by atoms with Gasteiger partial charge in [0.05, 0.1) is 12.6 Å². The molecule has 3 amide bonds. The van der Waals surface area contributed by atoms with Crippen molar-refractivity contribution in [1.29, 1.82) is 0 Å². The highest BCUT2D eigenvalue weighted by Crippen LogP contribution is 2.44. The van der Waals surface area contributed by atoms with Gasteiger partial charge in [0.2, 0.25) is 0 Å². The number of carbonyl (C=O) groups excluding carboxylic acids is 3. The molecule has 0 spiro atoms. The van der Waals surface area contributed by atoms with Gasteiger partial charge >= 0.3 is 18.1 Å². The Morgan fingerprint density at radius 2 is 1.94 bits per heavy atom. The van der Waals surface area contributed by atoms with Crippen LogP contribution in [0.1, 0.15) is 62.6 Å². The van der Waals surface area contributed by atoms with Crippen LogP contribution in [-0.2, 0) is 20.7 Å². The van der Waals surface area contributed by atoms with Crippen molar-refractivity contribution in [2.45, 2.75) is 70.1 Å². The number of hydrogen-bond donors (Lipinski definition) is 1. The Morgan fingerprint density at radius 1 is 1.16 bits per heavy atom. The largest absolute Gasteiger partial charge is 0.466 e. The van der Waals surface area contributed by atoms with Crippen molar-refractivity contribution in [3.05, 3.63) is 35.4 Å². The predicted molar refractivity (Wildman–Crippen MR) is 118 cm³/mol. The van der Waals surface area contributed by atoms with Crippen molar-refractivity contribution in [2.24, 2.45) is 0 Å². The molecular weight excluding hydrogens is 410 g/mol. The molecule has 32 heavy (non-hydrogen) atoms. The van der Waals surface area contributed by atoms with Gasteiger partial charge in [-0.25, -0.2) is 9.59 Å². The van der Waals surface area contributed by atoms with Gasteiger partial charge in [0.25, 0.3) is 0 Å². The maximum absolute atomic E-state index is 12.6. The first-order chi connectivity index (χ1) is 15.6. The lowest BCUT2D eigenvalue weighted by Gasteiger charge is -2.37. The number of fused-ring (bicyclic) bond motifs is 3. The van der Waals surface area contributed by atoms with Gasteiger partial charge < -0.3 is 19.7 Å². The van der Waals surface area contributed by atoms with E-state index in [9.17, 15) is 14.4 Å². The zero-order chi connectivity index (χ0) is 22.5. The van der Waals surface area contributed by atoms with Crippen LogP contribution in [0.2, 0.25) is 0 Å². The number of ether oxygens (including phenoxy) is 2.